The van der Waals surface area contributed by atoms with Crippen LogP contribution in [0.4, 0.5) is 8.78 Å². The van der Waals surface area contributed by atoms with Crippen LogP contribution < -0.4 is 14.8 Å². The highest BCUT2D eigenvalue weighted by Gasteiger charge is 2.22. The molecule has 0 spiro atoms. The Kier molecular flexibility index (Phi) is 5.00. The van der Waals surface area contributed by atoms with Gasteiger partial charge in [-0.3, -0.25) is 0 Å². The van der Waals surface area contributed by atoms with Gasteiger partial charge in [0.2, 0.25) is 0 Å². The van der Waals surface area contributed by atoms with Crippen molar-refractivity contribution in [3.63, 3.8) is 0 Å². The Morgan fingerprint density at radius 3 is 2.58 bits per heavy atom. The lowest BCUT2D eigenvalue weighted by Crippen LogP contribution is -2.30. The third-order valence-electron chi connectivity index (χ3n) is 4.52. The highest BCUT2D eigenvalue weighted by Crippen LogP contribution is 2.36. The van der Waals surface area contributed by atoms with E-state index in [-0.39, 0.29) is 11.9 Å². The Balaban J connectivity index is 1.83. The minimum absolute atomic E-state index is 0.0798. The molecule has 2 aromatic carbocycles. The van der Waals surface area contributed by atoms with Crippen molar-refractivity contribution in [1.29, 1.82) is 0 Å². The first kappa shape index (κ1) is 16.7. The third-order valence-corrected chi connectivity index (χ3v) is 4.52. The normalized spacial score (nSPS) is 16.6. The summed E-state index contributed by atoms with van der Waals surface area (Å²) in [5, 5.41) is 3.46. The van der Waals surface area contributed by atoms with Crippen LogP contribution in [0.5, 0.6) is 11.5 Å². The van der Waals surface area contributed by atoms with E-state index in [0.29, 0.717) is 29.9 Å². The van der Waals surface area contributed by atoms with E-state index in [1.54, 1.807) is 14.2 Å². The molecule has 2 aromatic rings. The summed E-state index contributed by atoms with van der Waals surface area (Å²) in [4.78, 5) is 0. The molecule has 0 aromatic heterocycles. The molecule has 1 unspecified atom stereocenters. The molecule has 0 fully saturated rings. The second kappa shape index (κ2) is 7.18. The molecular formula is C19H21F2NO2. The van der Waals surface area contributed by atoms with Crippen LogP contribution in [-0.2, 0) is 12.8 Å². The topological polar surface area (TPSA) is 30.5 Å². The van der Waals surface area contributed by atoms with Crippen LogP contribution in [-0.4, -0.2) is 20.8 Å². The van der Waals surface area contributed by atoms with Gasteiger partial charge in [0.15, 0.2) is 11.5 Å². The predicted octanol–water partition coefficient (Wildman–Crippen LogP) is 3.80. The summed E-state index contributed by atoms with van der Waals surface area (Å²) < 4.78 is 37.9. The molecule has 3 nitrogen and oxygen atoms in total. The van der Waals surface area contributed by atoms with E-state index in [4.69, 9.17) is 9.47 Å². The van der Waals surface area contributed by atoms with Crippen LogP contribution in [0, 0.1) is 11.6 Å². The van der Waals surface area contributed by atoms with Crippen molar-refractivity contribution in [2.45, 2.75) is 25.3 Å². The number of benzene rings is 2. The van der Waals surface area contributed by atoms with Crippen molar-refractivity contribution in [3.8, 4) is 11.5 Å². The second-order valence-corrected chi connectivity index (χ2v) is 5.94. The van der Waals surface area contributed by atoms with E-state index in [9.17, 15) is 8.78 Å². The summed E-state index contributed by atoms with van der Waals surface area (Å²) in [7, 11) is 3.23. The van der Waals surface area contributed by atoms with Gasteiger partial charge in [0, 0.05) is 6.04 Å². The van der Waals surface area contributed by atoms with Gasteiger partial charge in [-0.05, 0) is 72.8 Å². The van der Waals surface area contributed by atoms with Crippen molar-refractivity contribution < 1.29 is 18.3 Å². The molecule has 0 radical (unpaired) electrons. The van der Waals surface area contributed by atoms with Crippen molar-refractivity contribution in [2.75, 3.05) is 20.8 Å². The van der Waals surface area contributed by atoms with E-state index >= 15 is 0 Å². The van der Waals surface area contributed by atoms with E-state index < -0.39 is 5.82 Å². The summed E-state index contributed by atoms with van der Waals surface area (Å²) >= 11 is 0. The zero-order valence-corrected chi connectivity index (χ0v) is 13.9. The number of methoxy groups -OCH3 is 2. The fourth-order valence-electron chi connectivity index (χ4n) is 3.26. The van der Waals surface area contributed by atoms with E-state index in [0.717, 1.165) is 24.6 Å². The first-order valence-corrected chi connectivity index (χ1v) is 8.04. The van der Waals surface area contributed by atoms with Crippen LogP contribution in [0.2, 0.25) is 0 Å². The van der Waals surface area contributed by atoms with Crippen LogP contribution >= 0.6 is 0 Å². The fraction of sp³-hybridized carbons (Fsp3) is 0.368. The maximum atomic E-state index is 13.8. The van der Waals surface area contributed by atoms with E-state index in [2.05, 4.69) is 5.32 Å². The molecule has 5 heteroatoms. The molecule has 0 saturated carbocycles. The maximum Gasteiger partial charge on any atom is 0.161 e. The number of fused-ring (bicyclic) bond motifs is 1. The van der Waals surface area contributed by atoms with E-state index in [1.807, 2.05) is 12.1 Å². The third kappa shape index (κ3) is 3.36. The lowest BCUT2D eigenvalue weighted by Gasteiger charge is -2.28. The molecule has 3 rings (SSSR count). The number of halogens is 2. The fourth-order valence-corrected chi connectivity index (χ4v) is 3.26. The Labute approximate surface area is 140 Å². The highest BCUT2D eigenvalue weighted by atomic mass is 19.1. The number of ether oxygens (including phenoxy) is 2. The highest BCUT2D eigenvalue weighted by molar-refractivity contribution is 5.49. The smallest absolute Gasteiger partial charge is 0.161 e. The second-order valence-electron chi connectivity index (χ2n) is 5.94. The molecule has 1 N–H and O–H groups in total. The molecule has 0 aliphatic carbocycles. The van der Waals surface area contributed by atoms with Crippen molar-refractivity contribution in [3.05, 3.63) is 58.7 Å². The van der Waals surface area contributed by atoms with Crippen LogP contribution in [0.15, 0.2) is 30.3 Å². The molecule has 1 aliphatic rings. The number of aryl methyl sites for hydroxylation is 1. The SMILES string of the molecule is COc1cc2c(cc1OC)C(CCc1cc(F)ccc1F)NCC2. The van der Waals surface area contributed by atoms with Gasteiger partial charge in [-0.2, -0.15) is 0 Å². The number of hydrogen-bond acceptors (Lipinski definition) is 3. The molecule has 0 amide bonds. The van der Waals surface area contributed by atoms with Gasteiger partial charge in [-0.1, -0.05) is 0 Å². The summed E-state index contributed by atoms with van der Waals surface area (Å²) in [6.07, 6.45) is 2.05. The Hall–Kier alpha value is -2.14. The lowest BCUT2D eigenvalue weighted by molar-refractivity contribution is 0.351. The quantitative estimate of drug-likeness (QED) is 0.903. The summed E-state index contributed by atoms with van der Waals surface area (Å²) in [5.41, 5.74) is 2.75. The van der Waals surface area contributed by atoms with Gasteiger partial charge in [0.25, 0.3) is 0 Å². The average molecular weight is 333 g/mol. The molecule has 24 heavy (non-hydrogen) atoms. The zero-order valence-electron chi connectivity index (χ0n) is 13.9. The zero-order chi connectivity index (χ0) is 17.1. The van der Waals surface area contributed by atoms with Gasteiger partial charge < -0.3 is 14.8 Å². The Morgan fingerprint density at radius 2 is 1.83 bits per heavy atom. The lowest BCUT2D eigenvalue weighted by atomic mass is 9.90. The minimum atomic E-state index is -0.408. The van der Waals surface area contributed by atoms with Gasteiger partial charge in [-0.15, -0.1) is 0 Å². The largest absolute Gasteiger partial charge is 0.493 e. The number of rotatable bonds is 5. The van der Waals surface area contributed by atoms with Gasteiger partial charge in [-0.25, -0.2) is 8.78 Å². The molecule has 0 saturated heterocycles. The summed E-state index contributed by atoms with van der Waals surface area (Å²) in [6, 6.07) is 7.66. The first-order valence-electron chi connectivity index (χ1n) is 8.04. The van der Waals surface area contributed by atoms with Gasteiger partial charge in [0.05, 0.1) is 14.2 Å². The van der Waals surface area contributed by atoms with Crippen molar-refractivity contribution >= 4 is 0 Å². The minimum Gasteiger partial charge on any atom is -0.493 e. The molecule has 1 aliphatic heterocycles. The predicted molar refractivity (Wildman–Crippen MR) is 88.7 cm³/mol. The maximum absolute atomic E-state index is 13.8. The van der Waals surface area contributed by atoms with Crippen LogP contribution in [0.3, 0.4) is 0 Å². The molecule has 128 valence electrons. The van der Waals surface area contributed by atoms with Crippen molar-refractivity contribution in [2.24, 2.45) is 0 Å². The van der Waals surface area contributed by atoms with Gasteiger partial charge >= 0.3 is 0 Å². The molecule has 0 bridgehead atoms. The Bertz CT molecular complexity index is 734. The molecule has 1 atom stereocenters. The first-order chi connectivity index (χ1) is 11.6. The molecular weight excluding hydrogens is 312 g/mol. The van der Waals surface area contributed by atoms with Crippen molar-refractivity contribution in [1.82, 2.24) is 5.32 Å². The molecule has 1 heterocycles. The van der Waals surface area contributed by atoms with E-state index in [1.165, 1.54) is 17.7 Å². The number of hydrogen-bond donors (Lipinski definition) is 1. The monoisotopic (exact) mass is 333 g/mol. The standard InChI is InChI=1S/C19H21F2NO2/c1-23-18-10-12-7-8-22-17(15(12)11-19(18)24-2)6-3-13-9-14(20)4-5-16(13)21/h4-5,9-11,17,22H,3,6-8H2,1-2H3. The van der Waals surface area contributed by atoms with Gasteiger partial charge in [0.1, 0.15) is 11.6 Å². The van der Waals surface area contributed by atoms with Crippen LogP contribution in [0.1, 0.15) is 29.2 Å². The average Bonchev–Trinajstić information content (AvgIpc) is 2.61. The van der Waals surface area contributed by atoms with Crippen LogP contribution in [0.25, 0.3) is 0 Å². The Morgan fingerprint density at radius 1 is 1.08 bits per heavy atom. The number of nitrogens with one attached hydrogen (secondary N) is 1. The summed E-state index contributed by atoms with van der Waals surface area (Å²) in [5.74, 6) is 0.629. The summed E-state index contributed by atoms with van der Waals surface area (Å²) in [6.45, 7) is 0.846.